The average molecular weight is 120 g/mol. The summed E-state index contributed by atoms with van der Waals surface area (Å²) in [6, 6.07) is 0. The number of nitrogens with zero attached hydrogens (tertiary/aromatic N) is 1. The molecule has 0 unspecified atom stereocenters. The monoisotopic (exact) mass is 120 g/mol. The van der Waals surface area contributed by atoms with Crippen LogP contribution in [-0.4, -0.2) is 25.8 Å². The van der Waals surface area contributed by atoms with Crippen molar-refractivity contribution in [2.45, 2.75) is 0 Å². The molecule has 47 valence electrons. The zero-order valence-corrected chi connectivity index (χ0v) is 5.91. The Labute approximate surface area is 57.1 Å². The van der Waals surface area contributed by atoms with Crippen molar-refractivity contribution in [1.82, 2.24) is 4.81 Å². The summed E-state index contributed by atoms with van der Waals surface area (Å²) >= 11 is 0. The standard InChI is InChI=1S/C7H11BN/c1-9(2)8-6-4-3-5-7-8/h3-7H,1-2H3. The summed E-state index contributed by atoms with van der Waals surface area (Å²) in [5.74, 6) is 2.17. The van der Waals surface area contributed by atoms with Crippen LogP contribution in [0.3, 0.4) is 0 Å². The van der Waals surface area contributed by atoms with Gasteiger partial charge in [0.2, 0.25) is 0 Å². The minimum atomic E-state index is 0.495. The smallest absolute Gasteiger partial charge is 0.256 e. The van der Waals surface area contributed by atoms with Gasteiger partial charge in [0.25, 0.3) is 6.85 Å². The van der Waals surface area contributed by atoms with Crippen molar-refractivity contribution in [2.75, 3.05) is 14.1 Å². The maximum absolute atomic E-state index is 2.17. The molecule has 0 bridgehead atoms. The van der Waals surface area contributed by atoms with Crippen molar-refractivity contribution >= 4 is 6.85 Å². The SMILES string of the molecule is CN(C)B1[CH]C=CC=C1. The predicted octanol–water partition coefficient (Wildman–Crippen LogP) is 0.948. The summed E-state index contributed by atoms with van der Waals surface area (Å²) in [4.78, 5) is 2.17. The van der Waals surface area contributed by atoms with Crippen molar-refractivity contribution in [1.29, 1.82) is 0 Å². The van der Waals surface area contributed by atoms with E-state index in [1.807, 2.05) is 6.08 Å². The molecule has 2 heteroatoms. The van der Waals surface area contributed by atoms with Gasteiger partial charge in [-0.25, -0.2) is 0 Å². The fourth-order valence-corrected chi connectivity index (χ4v) is 0.829. The molecule has 1 aliphatic heterocycles. The van der Waals surface area contributed by atoms with E-state index in [1.165, 1.54) is 0 Å². The second kappa shape index (κ2) is 2.88. The Morgan fingerprint density at radius 1 is 1.11 bits per heavy atom. The van der Waals surface area contributed by atoms with Gasteiger partial charge in [-0.05, 0) is 20.4 Å². The zero-order chi connectivity index (χ0) is 6.69. The lowest BCUT2D eigenvalue weighted by atomic mass is 9.56. The molecule has 1 heterocycles. The third kappa shape index (κ3) is 1.72. The van der Waals surface area contributed by atoms with E-state index in [4.69, 9.17) is 0 Å². The molecule has 0 aromatic rings. The molecule has 0 atom stereocenters. The molecular weight excluding hydrogens is 109 g/mol. The van der Waals surface area contributed by atoms with E-state index in [0.29, 0.717) is 6.85 Å². The molecule has 0 N–H and O–H groups in total. The van der Waals surface area contributed by atoms with Gasteiger partial charge in [0.15, 0.2) is 0 Å². The largest absolute Gasteiger partial charge is 0.344 e. The van der Waals surface area contributed by atoms with Crippen LogP contribution < -0.4 is 0 Å². The second-order valence-corrected chi connectivity index (χ2v) is 2.42. The summed E-state index contributed by atoms with van der Waals surface area (Å²) in [6.45, 7) is 0.495. The molecule has 9 heavy (non-hydrogen) atoms. The topological polar surface area (TPSA) is 3.24 Å². The quantitative estimate of drug-likeness (QED) is 0.465. The van der Waals surface area contributed by atoms with Crippen LogP contribution in [0.5, 0.6) is 0 Å². The highest BCUT2D eigenvalue weighted by molar-refractivity contribution is 6.66. The minimum absolute atomic E-state index is 0.495. The first-order chi connectivity index (χ1) is 4.30. The summed E-state index contributed by atoms with van der Waals surface area (Å²) in [6.07, 6.45) is 8.36. The fourth-order valence-electron chi connectivity index (χ4n) is 0.829. The van der Waals surface area contributed by atoms with Crippen molar-refractivity contribution < 1.29 is 0 Å². The summed E-state index contributed by atoms with van der Waals surface area (Å²) < 4.78 is 0. The van der Waals surface area contributed by atoms with Crippen LogP contribution >= 0.6 is 0 Å². The van der Waals surface area contributed by atoms with Crippen LogP contribution in [0.15, 0.2) is 24.2 Å². The highest BCUT2D eigenvalue weighted by Gasteiger charge is 2.11. The maximum Gasteiger partial charge on any atom is 0.256 e. The van der Waals surface area contributed by atoms with E-state index in [0.717, 1.165) is 0 Å². The van der Waals surface area contributed by atoms with Gasteiger partial charge < -0.3 is 4.81 Å². The molecule has 0 aromatic heterocycles. The van der Waals surface area contributed by atoms with E-state index in [1.54, 1.807) is 0 Å². The van der Waals surface area contributed by atoms with E-state index >= 15 is 0 Å². The Morgan fingerprint density at radius 3 is 2.22 bits per heavy atom. The Hall–Kier alpha value is -0.495. The van der Waals surface area contributed by atoms with Gasteiger partial charge in [-0.3, -0.25) is 0 Å². The first-order valence-corrected chi connectivity index (χ1v) is 3.15. The maximum atomic E-state index is 2.17. The van der Waals surface area contributed by atoms with Crippen molar-refractivity contribution in [3.8, 4) is 0 Å². The first kappa shape index (κ1) is 6.62. The molecule has 0 saturated heterocycles. The molecule has 1 nitrogen and oxygen atoms in total. The Balaban J connectivity index is 2.46. The fraction of sp³-hybridized carbons (Fsp3) is 0.286. The lowest BCUT2D eigenvalue weighted by molar-refractivity contribution is 0.653. The molecule has 1 rings (SSSR count). The highest BCUT2D eigenvalue weighted by Crippen LogP contribution is 2.01. The Morgan fingerprint density at radius 2 is 1.89 bits per heavy atom. The van der Waals surface area contributed by atoms with Crippen molar-refractivity contribution in [2.24, 2.45) is 0 Å². The van der Waals surface area contributed by atoms with Gasteiger partial charge in [0, 0.05) is 0 Å². The van der Waals surface area contributed by atoms with Crippen LogP contribution in [0.1, 0.15) is 0 Å². The lowest BCUT2D eigenvalue weighted by Crippen LogP contribution is -2.31. The molecule has 0 fully saturated rings. The highest BCUT2D eigenvalue weighted by atomic mass is 15.0. The Kier molecular flexibility index (Phi) is 2.12. The first-order valence-electron chi connectivity index (χ1n) is 3.15. The normalized spacial score (nSPS) is 17.4. The summed E-state index contributed by atoms with van der Waals surface area (Å²) in [5.41, 5.74) is 0. The third-order valence-corrected chi connectivity index (χ3v) is 1.44. The molecule has 0 aromatic carbocycles. The molecule has 1 radical (unpaired) electrons. The number of hydrogen-bond donors (Lipinski definition) is 0. The van der Waals surface area contributed by atoms with Gasteiger partial charge in [0.1, 0.15) is 0 Å². The van der Waals surface area contributed by atoms with E-state index in [9.17, 15) is 0 Å². The van der Waals surface area contributed by atoms with Crippen LogP contribution in [0.25, 0.3) is 0 Å². The second-order valence-electron chi connectivity index (χ2n) is 2.42. The summed E-state index contributed by atoms with van der Waals surface area (Å²) in [5, 5.41) is 0. The van der Waals surface area contributed by atoms with E-state index < -0.39 is 0 Å². The number of hydrogen-bond acceptors (Lipinski definition) is 1. The minimum Gasteiger partial charge on any atom is -0.344 e. The van der Waals surface area contributed by atoms with Gasteiger partial charge in [-0.2, -0.15) is 0 Å². The lowest BCUT2D eigenvalue weighted by Gasteiger charge is -2.16. The summed E-state index contributed by atoms with van der Waals surface area (Å²) in [7, 11) is 4.15. The Bertz CT molecular complexity index is 138. The average Bonchev–Trinajstić information content (AvgIpc) is 1.90. The van der Waals surface area contributed by atoms with Gasteiger partial charge in [-0.15, -0.1) is 0 Å². The van der Waals surface area contributed by atoms with Gasteiger partial charge in [-0.1, -0.05) is 24.2 Å². The number of allylic oxidation sites excluding steroid dienone is 3. The van der Waals surface area contributed by atoms with Crippen LogP contribution in [0, 0.1) is 6.32 Å². The van der Waals surface area contributed by atoms with Crippen LogP contribution in [0.2, 0.25) is 0 Å². The molecular formula is C7H11BN. The van der Waals surface area contributed by atoms with Gasteiger partial charge in [0.05, 0.1) is 0 Å². The van der Waals surface area contributed by atoms with Gasteiger partial charge >= 0.3 is 0 Å². The predicted molar refractivity (Wildman–Crippen MR) is 42.0 cm³/mol. The molecule has 0 aliphatic carbocycles. The molecule has 0 amide bonds. The molecule has 0 saturated carbocycles. The van der Waals surface area contributed by atoms with Crippen LogP contribution in [-0.2, 0) is 0 Å². The van der Waals surface area contributed by atoms with E-state index in [-0.39, 0.29) is 0 Å². The third-order valence-electron chi connectivity index (χ3n) is 1.44. The van der Waals surface area contributed by atoms with Crippen LogP contribution in [0.4, 0.5) is 0 Å². The van der Waals surface area contributed by atoms with E-state index in [2.05, 4.69) is 43.4 Å². The molecule has 0 spiro atoms. The molecule has 1 aliphatic rings. The van der Waals surface area contributed by atoms with Crippen molar-refractivity contribution in [3.05, 3.63) is 30.5 Å². The number of rotatable bonds is 1. The van der Waals surface area contributed by atoms with Crippen molar-refractivity contribution in [3.63, 3.8) is 0 Å². The zero-order valence-electron chi connectivity index (χ0n) is 5.91.